The zero-order chi connectivity index (χ0) is 17.7. The van der Waals surface area contributed by atoms with Gasteiger partial charge in [-0.25, -0.2) is 0 Å². The van der Waals surface area contributed by atoms with E-state index in [1.54, 1.807) is 29.2 Å². The Morgan fingerprint density at radius 3 is 2.38 bits per heavy atom. The first kappa shape index (κ1) is 18.0. The van der Waals surface area contributed by atoms with Crippen molar-refractivity contribution in [1.29, 1.82) is 0 Å². The molecule has 1 heterocycles. The molecule has 130 valence electrons. The van der Waals surface area contributed by atoms with Gasteiger partial charge in [-0.3, -0.25) is 14.4 Å². The molecule has 1 aliphatic heterocycles. The van der Waals surface area contributed by atoms with Crippen molar-refractivity contribution in [2.45, 2.75) is 46.1 Å². The van der Waals surface area contributed by atoms with Crippen LogP contribution in [-0.2, 0) is 14.4 Å². The van der Waals surface area contributed by atoms with E-state index >= 15 is 0 Å². The standard InChI is InChI=1S/C18H25N3O3/c1-4-14(5-2)20-18(24)13-10-17(23)21(11-13)16-8-6-15(7-9-16)19-12(3)22/h6-9,13-14H,4-5,10-11H2,1-3H3,(H,19,22)(H,20,24)/t13-/m0/s1. The lowest BCUT2D eigenvalue weighted by atomic mass is 10.1. The van der Waals surface area contributed by atoms with E-state index in [4.69, 9.17) is 0 Å². The Labute approximate surface area is 142 Å². The number of nitrogens with zero attached hydrogens (tertiary/aromatic N) is 1. The van der Waals surface area contributed by atoms with Crippen molar-refractivity contribution in [1.82, 2.24) is 5.32 Å². The third kappa shape index (κ3) is 4.34. The highest BCUT2D eigenvalue weighted by Gasteiger charge is 2.35. The molecule has 6 heteroatoms. The van der Waals surface area contributed by atoms with Crippen molar-refractivity contribution >= 4 is 29.1 Å². The Kier molecular flexibility index (Phi) is 5.95. The minimum Gasteiger partial charge on any atom is -0.353 e. The molecule has 1 fully saturated rings. The fourth-order valence-corrected chi connectivity index (χ4v) is 2.87. The van der Waals surface area contributed by atoms with Gasteiger partial charge in [-0.1, -0.05) is 13.8 Å². The molecule has 1 saturated heterocycles. The monoisotopic (exact) mass is 331 g/mol. The minimum absolute atomic E-state index is 0.0468. The summed E-state index contributed by atoms with van der Waals surface area (Å²) >= 11 is 0. The molecule has 0 bridgehead atoms. The van der Waals surface area contributed by atoms with Crippen LogP contribution in [0.5, 0.6) is 0 Å². The summed E-state index contributed by atoms with van der Waals surface area (Å²) in [5.74, 6) is -0.548. The van der Waals surface area contributed by atoms with Crippen molar-refractivity contribution in [3.63, 3.8) is 0 Å². The molecule has 3 amide bonds. The predicted octanol–water partition coefficient (Wildman–Crippen LogP) is 2.30. The van der Waals surface area contributed by atoms with Gasteiger partial charge in [0.25, 0.3) is 0 Å². The van der Waals surface area contributed by atoms with Gasteiger partial charge in [-0.2, -0.15) is 0 Å². The van der Waals surface area contributed by atoms with Crippen LogP contribution in [0.2, 0.25) is 0 Å². The van der Waals surface area contributed by atoms with Crippen molar-refractivity contribution in [3.05, 3.63) is 24.3 Å². The van der Waals surface area contributed by atoms with Crippen LogP contribution < -0.4 is 15.5 Å². The van der Waals surface area contributed by atoms with Crippen LogP contribution in [0, 0.1) is 5.92 Å². The molecule has 0 saturated carbocycles. The largest absolute Gasteiger partial charge is 0.353 e. The number of carbonyl (C=O) groups is 3. The van der Waals surface area contributed by atoms with Gasteiger partial charge in [0.1, 0.15) is 0 Å². The number of benzene rings is 1. The van der Waals surface area contributed by atoms with Gasteiger partial charge in [0.05, 0.1) is 5.92 Å². The highest BCUT2D eigenvalue weighted by Crippen LogP contribution is 2.26. The van der Waals surface area contributed by atoms with Crippen molar-refractivity contribution in [3.8, 4) is 0 Å². The molecule has 2 N–H and O–H groups in total. The van der Waals surface area contributed by atoms with E-state index in [2.05, 4.69) is 10.6 Å². The SMILES string of the molecule is CCC(CC)NC(=O)[C@H]1CC(=O)N(c2ccc(NC(C)=O)cc2)C1. The topological polar surface area (TPSA) is 78.5 Å². The van der Waals surface area contributed by atoms with Crippen LogP contribution in [0.4, 0.5) is 11.4 Å². The predicted molar refractivity (Wildman–Crippen MR) is 93.7 cm³/mol. The second-order valence-corrected chi connectivity index (χ2v) is 6.16. The molecular weight excluding hydrogens is 306 g/mol. The summed E-state index contributed by atoms with van der Waals surface area (Å²) in [4.78, 5) is 37.3. The summed E-state index contributed by atoms with van der Waals surface area (Å²) in [5.41, 5.74) is 1.42. The average molecular weight is 331 g/mol. The number of hydrogen-bond donors (Lipinski definition) is 2. The van der Waals surface area contributed by atoms with E-state index in [-0.39, 0.29) is 36.1 Å². The molecular formula is C18H25N3O3. The first-order valence-corrected chi connectivity index (χ1v) is 8.43. The normalized spacial score (nSPS) is 17.2. The van der Waals surface area contributed by atoms with Gasteiger partial charge < -0.3 is 15.5 Å². The van der Waals surface area contributed by atoms with Crippen LogP contribution in [0.15, 0.2) is 24.3 Å². The number of nitrogens with one attached hydrogen (secondary N) is 2. The summed E-state index contributed by atoms with van der Waals surface area (Å²) in [6.07, 6.45) is 2.01. The van der Waals surface area contributed by atoms with Crippen LogP contribution in [-0.4, -0.2) is 30.3 Å². The second-order valence-electron chi connectivity index (χ2n) is 6.16. The quantitative estimate of drug-likeness (QED) is 0.839. The smallest absolute Gasteiger partial charge is 0.227 e. The second kappa shape index (κ2) is 7.95. The molecule has 1 aromatic rings. The average Bonchev–Trinajstić information content (AvgIpc) is 2.94. The van der Waals surface area contributed by atoms with Crippen LogP contribution in [0.3, 0.4) is 0 Å². The molecule has 0 spiro atoms. The molecule has 0 unspecified atom stereocenters. The van der Waals surface area contributed by atoms with E-state index in [0.717, 1.165) is 18.5 Å². The van der Waals surface area contributed by atoms with Crippen molar-refractivity contribution in [2.24, 2.45) is 5.92 Å². The molecule has 6 nitrogen and oxygen atoms in total. The van der Waals surface area contributed by atoms with Gasteiger partial charge in [0, 0.05) is 37.3 Å². The number of hydrogen-bond acceptors (Lipinski definition) is 3. The lowest BCUT2D eigenvalue weighted by Gasteiger charge is -2.19. The molecule has 24 heavy (non-hydrogen) atoms. The van der Waals surface area contributed by atoms with Crippen molar-refractivity contribution < 1.29 is 14.4 Å². The van der Waals surface area contributed by atoms with E-state index < -0.39 is 0 Å². The Bertz CT molecular complexity index is 608. The molecule has 1 aliphatic rings. The van der Waals surface area contributed by atoms with E-state index in [1.165, 1.54) is 6.92 Å². The lowest BCUT2D eigenvalue weighted by Crippen LogP contribution is -2.39. The molecule has 0 radical (unpaired) electrons. The highest BCUT2D eigenvalue weighted by molar-refractivity contribution is 6.00. The van der Waals surface area contributed by atoms with Gasteiger partial charge in [0.15, 0.2) is 0 Å². The lowest BCUT2D eigenvalue weighted by molar-refractivity contribution is -0.127. The summed E-state index contributed by atoms with van der Waals surface area (Å²) in [5, 5.41) is 5.71. The van der Waals surface area contributed by atoms with Crippen LogP contribution in [0.1, 0.15) is 40.0 Å². The first-order chi connectivity index (χ1) is 11.4. The maximum atomic E-state index is 12.3. The Balaban J connectivity index is 2.01. The van der Waals surface area contributed by atoms with Gasteiger partial charge in [-0.05, 0) is 37.1 Å². The third-order valence-electron chi connectivity index (χ3n) is 4.33. The summed E-state index contributed by atoms with van der Waals surface area (Å²) in [6.45, 7) is 5.92. The molecule has 0 aliphatic carbocycles. The van der Waals surface area contributed by atoms with E-state index in [1.807, 2.05) is 13.8 Å². The number of anilines is 2. The van der Waals surface area contributed by atoms with Crippen LogP contribution >= 0.6 is 0 Å². The maximum absolute atomic E-state index is 12.3. The van der Waals surface area contributed by atoms with Gasteiger partial charge in [-0.15, -0.1) is 0 Å². The zero-order valence-corrected chi connectivity index (χ0v) is 14.5. The van der Waals surface area contributed by atoms with Gasteiger partial charge >= 0.3 is 0 Å². The number of rotatable bonds is 6. The summed E-state index contributed by atoms with van der Waals surface area (Å²) in [7, 11) is 0. The summed E-state index contributed by atoms with van der Waals surface area (Å²) < 4.78 is 0. The maximum Gasteiger partial charge on any atom is 0.227 e. The van der Waals surface area contributed by atoms with E-state index in [9.17, 15) is 14.4 Å². The fraction of sp³-hybridized carbons (Fsp3) is 0.500. The molecule has 0 aromatic heterocycles. The fourth-order valence-electron chi connectivity index (χ4n) is 2.87. The van der Waals surface area contributed by atoms with E-state index in [0.29, 0.717) is 12.2 Å². The van der Waals surface area contributed by atoms with Crippen LogP contribution in [0.25, 0.3) is 0 Å². The summed E-state index contributed by atoms with van der Waals surface area (Å²) in [6, 6.07) is 7.23. The zero-order valence-electron chi connectivity index (χ0n) is 14.5. The Morgan fingerprint density at radius 2 is 1.83 bits per heavy atom. The van der Waals surface area contributed by atoms with Gasteiger partial charge in [0.2, 0.25) is 17.7 Å². The highest BCUT2D eigenvalue weighted by atomic mass is 16.2. The number of amides is 3. The Hall–Kier alpha value is -2.37. The minimum atomic E-state index is -0.312. The molecule has 2 rings (SSSR count). The number of carbonyl (C=O) groups excluding carboxylic acids is 3. The third-order valence-corrected chi connectivity index (χ3v) is 4.33. The molecule has 1 aromatic carbocycles. The first-order valence-electron chi connectivity index (χ1n) is 8.43. The van der Waals surface area contributed by atoms with Crippen molar-refractivity contribution in [2.75, 3.05) is 16.8 Å². The molecule has 1 atom stereocenters. The Morgan fingerprint density at radius 1 is 1.21 bits per heavy atom.